The highest BCUT2D eigenvalue weighted by molar-refractivity contribution is 7.99. The number of aromatic nitrogens is 2. The van der Waals surface area contributed by atoms with Crippen molar-refractivity contribution in [1.82, 2.24) is 9.97 Å². The predicted octanol–water partition coefficient (Wildman–Crippen LogP) is 4.24. The lowest BCUT2D eigenvalue weighted by Crippen LogP contribution is -2.21. The molecule has 2 rings (SSSR count). The van der Waals surface area contributed by atoms with Crippen LogP contribution in [0.5, 0.6) is 0 Å². The summed E-state index contributed by atoms with van der Waals surface area (Å²) in [6.45, 7) is 3.31. The molecule has 0 spiro atoms. The second-order valence-electron chi connectivity index (χ2n) is 5.97. The van der Waals surface area contributed by atoms with Gasteiger partial charge in [-0.05, 0) is 56.4 Å². The fourth-order valence-electron chi connectivity index (χ4n) is 2.52. The van der Waals surface area contributed by atoms with Crippen LogP contribution in [0.2, 0.25) is 0 Å². The molecule has 0 saturated heterocycles. The molecular formula is C19H21F2N3O3S2. The van der Waals surface area contributed by atoms with E-state index in [0.717, 1.165) is 17.0 Å². The Balaban J connectivity index is 1.78. The van der Waals surface area contributed by atoms with Crippen molar-refractivity contribution in [2.24, 2.45) is 0 Å². The van der Waals surface area contributed by atoms with E-state index < -0.39 is 24.2 Å². The van der Waals surface area contributed by atoms with Crippen molar-refractivity contribution in [3.8, 4) is 0 Å². The normalized spacial score (nSPS) is 10.8. The van der Waals surface area contributed by atoms with Crippen LogP contribution in [0.25, 0.3) is 0 Å². The van der Waals surface area contributed by atoms with E-state index in [1.807, 2.05) is 20.1 Å². The van der Waals surface area contributed by atoms with Gasteiger partial charge in [-0.2, -0.15) is 8.78 Å². The SMILES string of the molecule is CSc1nc(C)c(CCC(=O)OCC(=O)Nc2ccc(SC(F)F)cc2)c(C)n1. The number of nitrogens with one attached hydrogen (secondary N) is 1. The maximum Gasteiger partial charge on any atom is 0.306 e. The van der Waals surface area contributed by atoms with Crippen LogP contribution in [0, 0.1) is 13.8 Å². The summed E-state index contributed by atoms with van der Waals surface area (Å²) in [7, 11) is 0. The first-order valence-electron chi connectivity index (χ1n) is 8.67. The number of halogens is 2. The minimum Gasteiger partial charge on any atom is -0.456 e. The molecule has 0 aliphatic carbocycles. The van der Waals surface area contributed by atoms with Gasteiger partial charge in [0.05, 0.1) is 0 Å². The molecule has 29 heavy (non-hydrogen) atoms. The van der Waals surface area contributed by atoms with E-state index in [4.69, 9.17) is 4.74 Å². The van der Waals surface area contributed by atoms with E-state index in [9.17, 15) is 18.4 Å². The molecule has 0 radical (unpaired) electrons. The molecule has 0 aliphatic rings. The molecule has 1 heterocycles. The first-order chi connectivity index (χ1) is 13.8. The van der Waals surface area contributed by atoms with Gasteiger partial charge in [-0.25, -0.2) is 9.97 Å². The molecule has 156 valence electrons. The van der Waals surface area contributed by atoms with E-state index in [1.54, 1.807) is 0 Å². The van der Waals surface area contributed by atoms with Crippen molar-refractivity contribution in [2.45, 2.75) is 42.5 Å². The first kappa shape index (κ1) is 23.1. The van der Waals surface area contributed by atoms with Gasteiger partial charge in [-0.1, -0.05) is 23.5 Å². The number of nitrogens with zero attached hydrogens (tertiary/aromatic N) is 2. The summed E-state index contributed by atoms with van der Waals surface area (Å²) in [6.07, 6.45) is 2.43. The molecule has 1 aromatic heterocycles. The van der Waals surface area contributed by atoms with E-state index in [1.165, 1.54) is 36.0 Å². The molecule has 0 aliphatic heterocycles. The Bertz CT molecular complexity index is 841. The van der Waals surface area contributed by atoms with Crippen molar-refractivity contribution in [2.75, 3.05) is 18.2 Å². The molecule has 1 aromatic carbocycles. The van der Waals surface area contributed by atoms with E-state index in [-0.39, 0.29) is 6.42 Å². The van der Waals surface area contributed by atoms with Crippen LogP contribution in [-0.2, 0) is 20.7 Å². The second-order valence-corrected chi connectivity index (χ2v) is 7.81. The van der Waals surface area contributed by atoms with Gasteiger partial charge in [-0.3, -0.25) is 9.59 Å². The number of carbonyl (C=O) groups is 2. The fourth-order valence-corrected chi connectivity index (χ4v) is 3.48. The monoisotopic (exact) mass is 441 g/mol. The number of rotatable bonds is 9. The lowest BCUT2D eigenvalue weighted by Gasteiger charge is -2.10. The van der Waals surface area contributed by atoms with Crippen molar-refractivity contribution in [1.29, 1.82) is 0 Å². The Kier molecular flexibility index (Phi) is 8.84. The molecule has 0 atom stereocenters. The Hall–Kier alpha value is -2.20. The molecule has 0 saturated carbocycles. The summed E-state index contributed by atoms with van der Waals surface area (Å²) in [4.78, 5) is 33.0. The van der Waals surface area contributed by atoms with E-state index in [0.29, 0.717) is 33.9 Å². The van der Waals surface area contributed by atoms with Crippen LogP contribution in [-0.4, -0.2) is 40.5 Å². The summed E-state index contributed by atoms with van der Waals surface area (Å²) in [5, 5.41) is 3.23. The van der Waals surface area contributed by atoms with Crippen molar-refractivity contribution in [3.63, 3.8) is 0 Å². The van der Waals surface area contributed by atoms with Crippen molar-refractivity contribution >= 4 is 41.1 Å². The number of alkyl halides is 2. The predicted molar refractivity (Wildman–Crippen MR) is 109 cm³/mol. The van der Waals surface area contributed by atoms with Gasteiger partial charge in [0.25, 0.3) is 11.7 Å². The highest BCUT2D eigenvalue weighted by Crippen LogP contribution is 2.26. The van der Waals surface area contributed by atoms with Crippen LogP contribution in [0.1, 0.15) is 23.4 Å². The fraction of sp³-hybridized carbons (Fsp3) is 0.368. The number of ether oxygens (including phenoxy) is 1. The third-order valence-electron chi connectivity index (χ3n) is 3.89. The minimum atomic E-state index is -2.50. The zero-order chi connectivity index (χ0) is 21.4. The highest BCUT2D eigenvalue weighted by Gasteiger charge is 2.13. The van der Waals surface area contributed by atoms with E-state index in [2.05, 4.69) is 15.3 Å². The topological polar surface area (TPSA) is 81.2 Å². The molecule has 1 amide bonds. The molecule has 2 aromatic rings. The smallest absolute Gasteiger partial charge is 0.306 e. The molecule has 10 heteroatoms. The third-order valence-corrected chi connectivity index (χ3v) is 5.16. The average Bonchev–Trinajstić information content (AvgIpc) is 2.66. The number of thioether (sulfide) groups is 2. The van der Waals surface area contributed by atoms with Crippen LogP contribution >= 0.6 is 23.5 Å². The van der Waals surface area contributed by atoms with Crippen molar-refractivity contribution < 1.29 is 23.1 Å². The first-order valence-corrected chi connectivity index (χ1v) is 10.8. The number of anilines is 1. The summed E-state index contributed by atoms with van der Waals surface area (Å²) in [5.41, 5.74) is 2.97. The number of esters is 1. The molecule has 1 N–H and O–H groups in total. The summed E-state index contributed by atoms with van der Waals surface area (Å²) in [6, 6.07) is 5.98. The molecular weight excluding hydrogens is 420 g/mol. The standard InChI is InChI=1S/C19H21F2N3O3S2/c1-11-15(12(2)23-19(22-11)28-3)8-9-17(26)27-10-16(25)24-13-4-6-14(7-5-13)29-18(20)21/h4-7,18H,8-10H2,1-3H3,(H,24,25). The van der Waals surface area contributed by atoms with E-state index >= 15 is 0 Å². The second kappa shape index (κ2) is 11.1. The Labute approximate surface area is 176 Å². The number of carbonyl (C=O) groups excluding carboxylic acids is 2. The molecule has 0 unspecified atom stereocenters. The summed E-state index contributed by atoms with van der Waals surface area (Å²) < 4.78 is 29.6. The number of hydrogen-bond donors (Lipinski definition) is 1. The quantitative estimate of drug-likeness (QED) is 0.354. The van der Waals surface area contributed by atoms with Crippen LogP contribution < -0.4 is 5.32 Å². The summed E-state index contributed by atoms with van der Waals surface area (Å²) >= 11 is 1.87. The van der Waals surface area contributed by atoms with Gasteiger partial charge >= 0.3 is 5.97 Å². The number of benzene rings is 1. The van der Waals surface area contributed by atoms with Crippen LogP contribution in [0.15, 0.2) is 34.3 Å². The highest BCUT2D eigenvalue weighted by atomic mass is 32.2. The third kappa shape index (κ3) is 7.62. The lowest BCUT2D eigenvalue weighted by molar-refractivity contribution is -0.147. The lowest BCUT2D eigenvalue weighted by atomic mass is 10.1. The maximum absolute atomic E-state index is 12.3. The van der Waals surface area contributed by atoms with Crippen LogP contribution in [0.3, 0.4) is 0 Å². The minimum absolute atomic E-state index is 0.108. The van der Waals surface area contributed by atoms with Crippen molar-refractivity contribution in [3.05, 3.63) is 41.2 Å². The van der Waals surface area contributed by atoms with Gasteiger partial charge in [-0.15, -0.1) is 0 Å². The van der Waals surface area contributed by atoms with Gasteiger partial charge < -0.3 is 10.1 Å². The molecule has 0 bridgehead atoms. The maximum atomic E-state index is 12.3. The zero-order valence-corrected chi connectivity index (χ0v) is 17.8. The average molecular weight is 442 g/mol. The molecule has 0 fully saturated rings. The Morgan fingerprint density at radius 2 is 1.76 bits per heavy atom. The number of aryl methyl sites for hydroxylation is 2. The van der Waals surface area contributed by atoms with Gasteiger partial charge in [0.15, 0.2) is 11.8 Å². The Morgan fingerprint density at radius 3 is 2.31 bits per heavy atom. The van der Waals surface area contributed by atoms with Gasteiger partial charge in [0.1, 0.15) is 0 Å². The van der Waals surface area contributed by atoms with Gasteiger partial charge in [0.2, 0.25) is 0 Å². The molecule has 6 nitrogen and oxygen atoms in total. The van der Waals surface area contributed by atoms with Crippen LogP contribution in [0.4, 0.5) is 14.5 Å². The Morgan fingerprint density at radius 1 is 1.14 bits per heavy atom. The largest absolute Gasteiger partial charge is 0.456 e. The zero-order valence-electron chi connectivity index (χ0n) is 16.2. The van der Waals surface area contributed by atoms with Gasteiger partial charge in [0, 0.05) is 28.4 Å². The number of amides is 1. The summed E-state index contributed by atoms with van der Waals surface area (Å²) in [5.74, 6) is -3.51. The number of hydrogen-bond acceptors (Lipinski definition) is 7.